The average molecular weight is 293 g/mol. The maximum absolute atomic E-state index is 6.02. The third-order valence-corrected chi connectivity index (χ3v) is 2.95. The first-order valence-corrected chi connectivity index (χ1v) is 6.73. The van der Waals surface area contributed by atoms with Crippen molar-refractivity contribution in [2.75, 3.05) is 33.5 Å². The Morgan fingerprint density at radius 3 is 2.67 bits per heavy atom. The third kappa shape index (κ3) is 5.44. The number of methoxy groups -OCH3 is 1. The number of alkyl halides is 1. The van der Waals surface area contributed by atoms with Crippen LogP contribution in [0.3, 0.4) is 0 Å². The maximum atomic E-state index is 6.02. The summed E-state index contributed by atoms with van der Waals surface area (Å²) in [6, 6.07) is 5.50. The summed E-state index contributed by atoms with van der Waals surface area (Å²) in [5, 5.41) is 0.628. The second-order valence-corrected chi connectivity index (χ2v) is 4.33. The van der Waals surface area contributed by atoms with Crippen LogP contribution in [0.5, 0.6) is 5.75 Å². The van der Waals surface area contributed by atoms with E-state index in [1.807, 2.05) is 12.1 Å². The van der Waals surface area contributed by atoms with Crippen LogP contribution in [0.4, 0.5) is 0 Å². The molecule has 1 aromatic carbocycles. The van der Waals surface area contributed by atoms with Crippen molar-refractivity contribution in [2.24, 2.45) is 0 Å². The van der Waals surface area contributed by atoms with E-state index in [0.717, 1.165) is 17.7 Å². The Morgan fingerprint density at radius 1 is 1.11 bits per heavy atom. The lowest BCUT2D eigenvalue weighted by molar-refractivity contribution is 0.0805. The highest BCUT2D eigenvalue weighted by Crippen LogP contribution is 2.27. The first kappa shape index (κ1) is 15.6. The maximum Gasteiger partial charge on any atom is 0.125 e. The van der Waals surface area contributed by atoms with Crippen LogP contribution >= 0.6 is 23.2 Å². The van der Waals surface area contributed by atoms with Gasteiger partial charge in [0.05, 0.1) is 12.5 Å². The van der Waals surface area contributed by atoms with Crippen LogP contribution in [0.2, 0.25) is 5.02 Å². The number of hydrogen-bond acceptors (Lipinski definition) is 3. The molecule has 0 saturated carbocycles. The monoisotopic (exact) mass is 292 g/mol. The summed E-state index contributed by atoms with van der Waals surface area (Å²) in [6.07, 6.45) is 0.889. The van der Waals surface area contributed by atoms with Gasteiger partial charge in [-0.25, -0.2) is 0 Å². The first-order chi connectivity index (χ1) is 8.79. The highest BCUT2D eigenvalue weighted by Gasteiger charge is 2.06. The van der Waals surface area contributed by atoms with Crippen molar-refractivity contribution >= 4 is 23.2 Å². The molecule has 102 valence electrons. The zero-order chi connectivity index (χ0) is 13.2. The topological polar surface area (TPSA) is 27.7 Å². The highest BCUT2D eigenvalue weighted by molar-refractivity contribution is 6.32. The van der Waals surface area contributed by atoms with Gasteiger partial charge in [0.2, 0.25) is 0 Å². The van der Waals surface area contributed by atoms with Gasteiger partial charge in [-0.15, -0.1) is 11.6 Å². The van der Waals surface area contributed by atoms with E-state index >= 15 is 0 Å². The van der Waals surface area contributed by atoms with Crippen molar-refractivity contribution < 1.29 is 14.2 Å². The third-order valence-electron chi connectivity index (χ3n) is 2.33. The van der Waals surface area contributed by atoms with E-state index in [4.69, 9.17) is 37.4 Å². The summed E-state index contributed by atoms with van der Waals surface area (Å²) in [4.78, 5) is 0. The Labute approximate surface area is 118 Å². The molecule has 0 N–H and O–H groups in total. The van der Waals surface area contributed by atoms with Crippen LogP contribution in [-0.2, 0) is 15.4 Å². The van der Waals surface area contributed by atoms with Crippen molar-refractivity contribution in [1.82, 2.24) is 0 Å². The quantitative estimate of drug-likeness (QED) is 0.515. The summed E-state index contributed by atoms with van der Waals surface area (Å²) in [5.74, 6) is 1.06. The number of benzene rings is 1. The van der Waals surface area contributed by atoms with E-state index in [1.165, 1.54) is 0 Å². The molecule has 0 heterocycles. The van der Waals surface area contributed by atoms with E-state index < -0.39 is 0 Å². The lowest BCUT2D eigenvalue weighted by Crippen LogP contribution is -2.09. The van der Waals surface area contributed by atoms with Crippen LogP contribution in [0.1, 0.15) is 12.0 Å². The largest absolute Gasteiger partial charge is 0.491 e. The molecule has 0 unspecified atom stereocenters. The summed E-state index contributed by atoms with van der Waals surface area (Å²) >= 11 is 11.8. The smallest absolute Gasteiger partial charge is 0.125 e. The molecular weight excluding hydrogens is 275 g/mol. The van der Waals surface area contributed by atoms with Gasteiger partial charge in [-0.2, -0.15) is 0 Å². The molecule has 0 amide bonds. The predicted octanol–water partition coefficient (Wildman–Crippen LogP) is 3.51. The number of halogens is 2. The zero-order valence-corrected chi connectivity index (χ0v) is 12.0. The normalized spacial score (nSPS) is 10.6. The molecule has 0 aliphatic carbocycles. The fourth-order valence-corrected chi connectivity index (χ4v) is 2.00. The minimum absolute atomic E-state index is 0.337. The van der Waals surface area contributed by atoms with Crippen molar-refractivity contribution in [3.63, 3.8) is 0 Å². The Bertz CT molecular complexity index is 345. The van der Waals surface area contributed by atoms with E-state index in [-0.39, 0.29) is 0 Å². The van der Waals surface area contributed by atoms with Crippen LogP contribution in [0.15, 0.2) is 18.2 Å². The predicted molar refractivity (Wildman–Crippen MR) is 73.8 cm³/mol. The zero-order valence-electron chi connectivity index (χ0n) is 10.5. The molecule has 0 fully saturated rings. The van der Waals surface area contributed by atoms with Crippen LogP contribution in [0.25, 0.3) is 0 Å². The average Bonchev–Trinajstić information content (AvgIpc) is 2.38. The van der Waals surface area contributed by atoms with Gasteiger partial charge in [0.25, 0.3) is 0 Å². The van der Waals surface area contributed by atoms with E-state index in [2.05, 4.69) is 0 Å². The summed E-state index contributed by atoms with van der Waals surface area (Å²) in [7, 11) is 1.68. The fraction of sp³-hybridized carbons (Fsp3) is 0.538. The van der Waals surface area contributed by atoms with E-state index in [9.17, 15) is 0 Å². The van der Waals surface area contributed by atoms with Gasteiger partial charge in [0, 0.05) is 30.9 Å². The van der Waals surface area contributed by atoms with Gasteiger partial charge in [0.15, 0.2) is 0 Å². The molecule has 0 saturated heterocycles. The highest BCUT2D eigenvalue weighted by atomic mass is 35.5. The van der Waals surface area contributed by atoms with Crippen molar-refractivity contribution in [3.8, 4) is 5.75 Å². The number of rotatable bonds is 9. The fourth-order valence-electron chi connectivity index (χ4n) is 1.42. The van der Waals surface area contributed by atoms with Gasteiger partial charge in [0.1, 0.15) is 12.4 Å². The van der Waals surface area contributed by atoms with Crippen molar-refractivity contribution in [3.05, 3.63) is 28.8 Å². The molecule has 3 nitrogen and oxygen atoms in total. The Balaban J connectivity index is 2.25. The molecule has 1 aromatic rings. The van der Waals surface area contributed by atoms with Crippen LogP contribution < -0.4 is 4.74 Å². The lowest BCUT2D eigenvalue weighted by Gasteiger charge is -2.11. The molecular formula is C13H18Cl2O3. The number of ether oxygens (including phenoxy) is 3. The second kappa shape index (κ2) is 9.45. The molecule has 18 heavy (non-hydrogen) atoms. The van der Waals surface area contributed by atoms with E-state index in [0.29, 0.717) is 37.3 Å². The lowest BCUT2D eigenvalue weighted by atomic mass is 10.2. The second-order valence-electron chi connectivity index (χ2n) is 3.66. The molecule has 0 aliphatic heterocycles. The van der Waals surface area contributed by atoms with Crippen molar-refractivity contribution in [1.29, 1.82) is 0 Å². The molecule has 0 spiro atoms. The van der Waals surface area contributed by atoms with Gasteiger partial charge >= 0.3 is 0 Å². The standard InChI is InChI=1S/C13H18Cl2O3/c1-16-6-3-7-17-8-9-18-13-5-2-4-12(15)11(13)10-14/h2,4-5H,3,6-10H2,1H3. The van der Waals surface area contributed by atoms with Gasteiger partial charge in [-0.05, 0) is 18.6 Å². The molecule has 0 radical (unpaired) electrons. The van der Waals surface area contributed by atoms with Gasteiger partial charge in [-0.3, -0.25) is 0 Å². The summed E-state index contributed by atoms with van der Waals surface area (Å²) < 4.78 is 15.9. The minimum atomic E-state index is 0.337. The summed E-state index contributed by atoms with van der Waals surface area (Å²) in [5.41, 5.74) is 0.820. The molecule has 0 bridgehead atoms. The minimum Gasteiger partial charge on any atom is -0.491 e. The van der Waals surface area contributed by atoms with E-state index in [1.54, 1.807) is 13.2 Å². The summed E-state index contributed by atoms with van der Waals surface area (Å²) in [6.45, 7) is 2.41. The SMILES string of the molecule is COCCCOCCOc1cccc(Cl)c1CCl. The van der Waals surface area contributed by atoms with Crippen molar-refractivity contribution in [2.45, 2.75) is 12.3 Å². The molecule has 0 aromatic heterocycles. The van der Waals surface area contributed by atoms with Crippen LogP contribution in [0, 0.1) is 0 Å². The Hall–Kier alpha value is -0.480. The first-order valence-electron chi connectivity index (χ1n) is 5.82. The van der Waals surface area contributed by atoms with Crippen LogP contribution in [-0.4, -0.2) is 33.5 Å². The molecule has 5 heteroatoms. The number of hydrogen-bond donors (Lipinski definition) is 0. The molecule has 0 aliphatic rings. The van der Waals surface area contributed by atoms with Gasteiger partial charge < -0.3 is 14.2 Å². The Kier molecular flexibility index (Phi) is 8.18. The molecule has 0 atom stereocenters. The molecule has 1 rings (SSSR count). The van der Waals surface area contributed by atoms with Gasteiger partial charge in [-0.1, -0.05) is 17.7 Å². The Morgan fingerprint density at radius 2 is 1.94 bits per heavy atom.